The zero-order valence-electron chi connectivity index (χ0n) is 21.5. The number of benzene rings is 2. The summed E-state index contributed by atoms with van der Waals surface area (Å²) < 4.78 is 63.9. The molecule has 2 aromatic rings. The Morgan fingerprint density at radius 2 is 1.62 bits per heavy atom. The van der Waals surface area contributed by atoms with Crippen LogP contribution in [0.2, 0.25) is 0 Å². The molecule has 2 aromatic carbocycles. The topological polar surface area (TPSA) is 46.5 Å². The molecule has 4 nitrogen and oxygen atoms in total. The molecule has 3 aliphatic heterocycles. The molecule has 1 atom stereocenters. The Labute approximate surface area is 164 Å². The van der Waals surface area contributed by atoms with Gasteiger partial charge in [-0.05, 0) is 11.1 Å². The fourth-order valence-corrected chi connectivity index (χ4v) is 3.33. The third-order valence-electron chi connectivity index (χ3n) is 4.89. The van der Waals surface area contributed by atoms with Crippen LogP contribution in [0.25, 0.3) is 0 Å². The number of carbonyl (C=O) groups excluding carboxylic acids is 1. The van der Waals surface area contributed by atoms with E-state index in [4.69, 9.17) is 14.3 Å². The molecule has 26 heavy (non-hydrogen) atoms. The Morgan fingerprint density at radius 1 is 1.12 bits per heavy atom. The van der Waals surface area contributed by atoms with Gasteiger partial charge in [-0.2, -0.15) is 0 Å². The highest BCUT2D eigenvalue weighted by Crippen LogP contribution is 2.37. The molecule has 136 valence electrons. The number of fused-ring (bicyclic) bond motifs is 3. The lowest BCUT2D eigenvalue weighted by Crippen LogP contribution is -2.62. The zero-order chi connectivity index (χ0) is 24.5. The van der Waals surface area contributed by atoms with E-state index in [9.17, 15) is 9.90 Å². The SMILES string of the molecule is [2H]C1(OC(=O)C(O)(c2ccccc2)c2ccccc2)C2CC([2H])([2H])[N+](C)(C([2H])([2H])C2)C1([2H])[2H]. The molecule has 3 saturated heterocycles. The number of hydrogen-bond acceptors (Lipinski definition) is 3. The van der Waals surface area contributed by atoms with E-state index in [-0.39, 0.29) is 24.0 Å². The van der Waals surface area contributed by atoms with Gasteiger partial charge in [0.1, 0.15) is 6.50 Å². The summed E-state index contributed by atoms with van der Waals surface area (Å²) in [7, 11) is 1.08. The lowest BCUT2D eigenvalue weighted by atomic mass is 9.83. The number of nitrogens with zero attached hydrogens (tertiary/aromatic N) is 1. The molecule has 3 fully saturated rings. The van der Waals surface area contributed by atoms with Gasteiger partial charge in [0.15, 0.2) is 6.08 Å². The fourth-order valence-electron chi connectivity index (χ4n) is 3.33. The molecule has 5 rings (SSSR count). The molecule has 0 radical (unpaired) electrons. The van der Waals surface area contributed by atoms with Gasteiger partial charge in [-0.25, -0.2) is 4.79 Å². The van der Waals surface area contributed by atoms with Crippen molar-refractivity contribution in [2.24, 2.45) is 5.92 Å². The zero-order valence-corrected chi connectivity index (χ0v) is 14.5. The van der Waals surface area contributed by atoms with Crippen molar-refractivity contribution < 1.29 is 28.7 Å². The number of quaternary nitrogens is 1. The van der Waals surface area contributed by atoms with Crippen LogP contribution in [0.5, 0.6) is 0 Å². The van der Waals surface area contributed by atoms with Gasteiger partial charge in [-0.1, -0.05) is 60.7 Å². The number of esters is 1. The van der Waals surface area contributed by atoms with E-state index >= 15 is 0 Å². The van der Waals surface area contributed by atoms with Gasteiger partial charge < -0.3 is 14.3 Å². The van der Waals surface area contributed by atoms with Gasteiger partial charge in [-0.3, -0.25) is 0 Å². The summed E-state index contributed by atoms with van der Waals surface area (Å²) in [5.41, 5.74) is -2.02. The van der Waals surface area contributed by atoms with Gasteiger partial charge in [0.2, 0.25) is 5.60 Å². The maximum atomic E-state index is 13.6. The number of carbonyl (C=O) groups is 1. The molecule has 0 amide bonds. The first-order chi connectivity index (χ1) is 15.2. The summed E-state index contributed by atoms with van der Waals surface area (Å²) >= 11 is 0. The number of hydrogen-bond donors (Lipinski definition) is 1. The molecule has 0 aliphatic carbocycles. The van der Waals surface area contributed by atoms with Gasteiger partial charge in [-0.15, -0.1) is 0 Å². The Morgan fingerprint density at radius 3 is 2.12 bits per heavy atom. The number of aliphatic hydroxyl groups is 1. The molecule has 0 saturated carbocycles. The van der Waals surface area contributed by atoms with E-state index in [1.807, 2.05) is 0 Å². The average Bonchev–Trinajstić information content (AvgIpc) is 2.76. The van der Waals surface area contributed by atoms with Crippen LogP contribution in [0.1, 0.15) is 33.6 Å². The molecule has 0 aromatic heterocycles. The summed E-state index contributed by atoms with van der Waals surface area (Å²) in [5.74, 6) is -2.54. The van der Waals surface area contributed by atoms with Crippen LogP contribution in [0.3, 0.4) is 0 Å². The van der Waals surface area contributed by atoms with Crippen molar-refractivity contribution in [2.75, 3.05) is 26.5 Å². The van der Waals surface area contributed by atoms with E-state index in [0.717, 1.165) is 7.05 Å². The van der Waals surface area contributed by atoms with Crippen molar-refractivity contribution in [1.29, 1.82) is 0 Å². The standard InChI is InChI=1S/C22H26NO3/c1-23-14-12-17(13-15-23)20(16-23)26-21(24)22(25,18-8-4-2-5-9-18)19-10-6-3-7-11-19/h2-11,17,20,25H,12-16H2,1H3/q+1/i14D2,15D2,16D2,20D. The van der Waals surface area contributed by atoms with Crippen molar-refractivity contribution in [1.82, 2.24) is 0 Å². The molecule has 0 spiro atoms. The van der Waals surface area contributed by atoms with Gasteiger partial charge >= 0.3 is 5.97 Å². The summed E-state index contributed by atoms with van der Waals surface area (Å²) in [5, 5.41) is 11.6. The number of ether oxygens (including phenoxy) is 1. The molecule has 4 heteroatoms. The normalized spacial score (nSPS) is 40.5. The van der Waals surface area contributed by atoms with E-state index in [0.29, 0.717) is 0 Å². The number of rotatable bonds is 4. The Bertz CT molecular complexity index is 1010. The third-order valence-corrected chi connectivity index (χ3v) is 4.89. The van der Waals surface area contributed by atoms with Crippen molar-refractivity contribution >= 4 is 5.97 Å². The van der Waals surface area contributed by atoms with Crippen molar-refractivity contribution in [3.8, 4) is 0 Å². The van der Waals surface area contributed by atoms with Crippen molar-refractivity contribution in [3.05, 3.63) is 71.8 Å². The highest BCUT2D eigenvalue weighted by Gasteiger charge is 2.49. The smallest absolute Gasteiger partial charge is 0.348 e. The molecule has 2 bridgehead atoms. The monoisotopic (exact) mass is 359 g/mol. The first-order valence-corrected chi connectivity index (χ1v) is 8.59. The lowest BCUT2D eigenvalue weighted by molar-refractivity contribution is -0.928. The fraction of sp³-hybridized carbons (Fsp3) is 0.409. The van der Waals surface area contributed by atoms with Crippen LogP contribution in [0, 0.1) is 5.92 Å². The number of likely N-dealkylation sites (N-methyl/N-ethyl adjacent to an activating group) is 1. The molecular weight excluding hydrogens is 326 g/mol. The maximum absolute atomic E-state index is 13.6. The Kier molecular flexibility index (Phi) is 2.72. The van der Waals surface area contributed by atoms with Crippen molar-refractivity contribution in [2.45, 2.75) is 24.5 Å². The summed E-state index contributed by atoms with van der Waals surface area (Å²) in [6.45, 7) is -7.62. The van der Waals surface area contributed by atoms with Crippen molar-refractivity contribution in [3.63, 3.8) is 0 Å². The second-order valence-corrected chi connectivity index (χ2v) is 6.74. The maximum Gasteiger partial charge on any atom is 0.348 e. The van der Waals surface area contributed by atoms with Crippen LogP contribution in [-0.2, 0) is 15.1 Å². The molecule has 1 unspecified atom stereocenters. The second kappa shape index (κ2) is 6.53. The quantitative estimate of drug-likeness (QED) is 0.674. The van der Waals surface area contributed by atoms with Crippen LogP contribution >= 0.6 is 0 Å². The van der Waals surface area contributed by atoms with E-state index in [1.165, 1.54) is 24.3 Å². The minimum absolute atomic E-state index is 0.165. The highest BCUT2D eigenvalue weighted by molar-refractivity contribution is 5.85. The Balaban J connectivity index is 1.82. The summed E-state index contributed by atoms with van der Waals surface area (Å²) in [6.07, 6.45) is -3.36. The molecule has 3 heterocycles. The Hall–Kier alpha value is -2.17. The first-order valence-electron chi connectivity index (χ1n) is 12.1. The average molecular weight is 359 g/mol. The minimum atomic E-state index is -2.95. The van der Waals surface area contributed by atoms with E-state index in [2.05, 4.69) is 0 Å². The summed E-state index contributed by atoms with van der Waals surface area (Å²) in [4.78, 5) is 13.6. The van der Waals surface area contributed by atoms with Gasteiger partial charge in [0, 0.05) is 18.8 Å². The van der Waals surface area contributed by atoms with E-state index < -0.39 is 47.5 Å². The second-order valence-electron chi connectivity index (χ2n) is 6.74. The molecule has 1 N–H and O–H groups in total. The van der Waals surface area contributed by atoms with Crippen LogP contribution in [-0.4, -0.2) is 48.2 Å². The molecule has 3 aliphatic rings. The van der Waals surface area contributed by atoms with Gasteiger partial charge in [0.05, 0.1) is 29.6 Å². The highest BCUT2D eigenvalue weighted by atomic mass is 16.6. The predicted octanol–water partition coefficient (Wildman–Crippen LogP) is 2.70. The molecular formula is C22H26NO3+. The van der Waals surface area contributed by atoms with E-state index in [1.54, 1.807) is 36.4 Å². The first kappa shape index (κ1) is 10.9. The predicted molar refractivity (Wildman–Crippen MR) is 99.3 cm³/mol. The van der Waals surface area contributed by atoms with Crippen LogP contribution in [0.4, 0.5) is 0 Å². The number of piperidine rings is 3. The third kappa shape index (κ3) is 2.93. The van der Waals surface area contributed by atoms with Crippen LogP contribution < -0.4 is 0 Å². The van der Waals surface area contributed by atoms with Crippen LogP contribution in [0.15, 0.2) is 60.7 Å². The lowest BCUT2D eigenvalue weighted by Gasteiger charge is -2.50. The minimum Gasteiger partial charge on any atom is -0.453 e. The summed E-state index contributed by atoms with van der Waals surface area (Å²) in [6, 6.07) is 15.9. The van der Waals surface area contributed by atoms with Gasteiger partial charge in [0.25, 0.3) is 0 Å². The largest absolute Gasteiger partial charge is 0.453 e.